The summed E-state index contributed by atoms with van der Waals surface area (Å²) in [4.78, 5) is 4.96. The van der Waals surface area contributed by atoms with Crippen LogP contribution in [0, 0.1) is 11.7 Å². The number of ether oxygens (including phenoxy) is 1. The van der Waals surface area contributed by atoms with Gasteiger partial charge in [-0.1, -0.05) is 35.9 Å². The van der Waals surface area contributed by atoms with Gasteiger partial charge >= 0.3 is 0 Å². The fraction of sp³-hybridized carbons (Fsp3) is 0.385. The summed E-state index contributed by atoms with van der Waals surface area (Å²) >= 11 is 6.03. The van der Waals surface area contributed by atoms with Gasteiger partial charge in [0, 0.05) is 18.1 Å². The van der Waals surface area contributed by atoms with Crippen LogP contribution in [0.25, 0.3) is 0 Å². The maximum absolute atomic E-state index is 13.0. The van der Waals surface area contributed by atoms with Crippen LogP contribution in [-0.4, -0.2) is 48.6 Å². The average Bonchev–Trinajstić information content (AvgIpc) is 2.79. The van der Waals surface area contributed by atoms with Crippen molar-refractivity contribution in [1.82, 2.24) is 9.80 Å². The second-order valence-corrected chi connectivity index (χ2v) is 8.84. The number of piperidine rings is 1. The summed E-state index contributed by atoms with van der Waals surface area (Å²) in [5.74, 6) is 1.20. The fourth-order valence-corrected chi connectivity index (χ4v) is 4.46. The van der Waals surface area contributed by atoms with Crippen molar-refractivity contribution in [2.24, 2.45) is 5.92 Å². The predicted octanol–water partition coefficient (Wildman–Crippen LogP) is 5.57. The van der Waals surface area contributed by atoms with Crippen LogP contribution in [0.2, 0.25) is 5.02 Å². The number of nitrogens with zero attached hydrogens (tertiary/aromatic N) is 2. The van der Waals surface area contributed by atoms with Gasteiger partial charge in [0.15, 0.2) is 0 Å². The Morgan fingerprint density at radius 3 is 2.45 bits per heavy atom. The molecule has 0 spiro atoms. The van der Waals surface area contributed by atoms with Gasteiger partial charge in [-0.2, -0.15) is 0 Å². The lowest BCUT2D eigenvalue weighted by Gasteiger charge is -2.37. The highest BCUT2D eigenvalue weighted by Gasteiger charge is 2.23. The van der Waals surface area contributed by atoms with E-state index < -0.39 is 0 Å². The fourth-order valence-electron chi connectivity index (χ4n) is 4.33. The normalized spacial score (nSPS) is 19.7. The Morgan fingerprint density at radius 2 is 1.71 bits per heavy atom. The third-order valence-electron chi connectivity index (χ3n) is 6.17. The molecule has 0 N–H and O–H groups in total. The Kier molecular flexibility index (Phi) is 7.66. The molecule has 0 amide bonds. The first-order valence-corrected chi connectivity index (χ1v) is 11.5. The molecule has 4 rings (SSSR count). The van der Waals surface area contributed by atoms with Gasteiger partial charge in [0.2, 0.25) is 0 Å². The number of likely N-dealkylation sites (tertiary alicyclic amines) is 1. The van der Waals surface area contributed by atoms with Crippen LogP contribution >= 0.6 is 11.6 Å². The molecule has 2 aromatic rings. The van der Waals surface area contributed by atoms with Crippen LogP contribution in [-0.2, 0) is 6.42 Å². The lowest BCUT2D eigenvalue weighted by Crippen LogP contribution is -2.42. The van der Waals surface area contributed by atoms with Crippen LogP contribution in [0.5, 0.6) is 5.75 Å². The summed E-state index contributed by atoms with van der Waals surface area (Å²) in [7, 11) is 0. The molecular formula is C26H30ClFN2O. The van der Waals surface area contributed by atoms with Crippen LogP contribution in [0.15, 0.2) is 73.0 Å². The Labute approximate surface area is 189 Å². The highest BCUT2D eigenvalue weighted by molar-refractivity contribution is 6.30. The third-order valence-corrected chi connectivity index (χ3v) is 6.42. The highest BCUT2D eigenvalue weighted by atomic mass is 35.5. The third kappa shape index (κ3) is 6.59. The average molecular weight is 441 g/mol. The Hall–Kier alpha value is -2.30. The van der Waals surface area contributed by atoms with E-state index in [1.807, 2.05) is 12.1 Å². The Balaban J connectivity index is 1.20. The summed E-state index contributed by atoms with van der Waals surface area (Å²) in [6.45, 7) is 4.85. The van der Waals surface area contributed by atoms with Crippen LogP contribution in [0.4, 0.5) is 4.39 Å². The van der Waals surface area contributed by atoms with Crippen molar-refractivity contribution in [3.05, 3.63) is 89.4 Å². The summed E-state index contributed by atoms with van der Waals surface area (Å²) < 4.78 is 18.7. The monoisotopic (exact) mass is 440 g/mol. The molecule has 2 aliphatic heterocycles. The SMILES string of the molecule is Fc1ccc(OCCN2CCC(CN3C=CC=C[C@H]3Cc3ccc(Cl)cc3)CC2)cc1. The van der Waals surface area contributed by atoms with E-state index in [0.717, 1.165) is 43.4 Å². The van der Waals surface area contributed by atoms with Gasteiger partial charge in [0.1, 0.15) is 18.2 Å². The minimum atomic E-state index is -0.233. The van der Waals surface area contributed by atoms with Gasteiger partial charge in [-0.15, -0.1) is 0 Å². The zero-order chi connectivity index (χ0) is 21.5. The smallest absolute Gasteiger partial charge is 0.123 e. The molecule has 2 aromatic carbocycles. The summed E-state index contributed by atoms with van der Waals surface area (Å²) in [6, 6.07) is 14.8. The van der Waals surface area contributed by atoms with Crippen molar-refractivity contribution in [2.75, 3.05) is 32.8 Å². The quantitative estimate of drug-likeness (QED) is 0.534. The van der Waals surface area contributed by atoms with Gasteiger partial charge < -0.3 is 9.64 Å². The molecule has 164 valence electrons. The van der Waals surface area contributed by atoms with Crippen molar-refractivity contribution in [3.63, 3.8) is 0 Å². The van der Waals surface area contributed by atoms with E-state index >= 15 is 0 Å². The number of hydrogen-bond acceptors (Lipinski definition) is 3. The molecule has 0 unspecified atom stereocenters. The van der Waals surface area contributed by atoms with Gasteiger partial charge in [0.25, 0.3) is 0 Å². The van der Waals surface area contributed by atoms with Crippen molar-refractivity contribution in [3.8, 4) is 5.75 Å². The second-order valence-electron chi connectivity index (χ2n) is 8.41. The lowest BCUT2D eigenvalue weighted by atomic mass is 9.94. The van der Waals surface area contributed by atoms with Crippen LogP contribution in [0.1, 0.15) is 18.4 Å². The van der Waals surface area contributed by atoms with E-state index in [9.17, 15) is 4.39 Å². The molecule has 1 saturated heterocycles. The van der Waals surface area contributed by atoms with E-state index in [1.54, 1.807) is 12.1 Å². The van der Waals surface area contributed by atoms with Gasteiger partial charge in [-0.3, -0.25) is 4.90 Å². The van der Waals surface area contributed by atoms with Crippen molar-refractivity contribution in [2.45, 2.75) is 25.3 Å². The highest BCUT2D eigenvalue weighted by Crippen LogP contribution is 2.23. The van der Waals surface area contributed by atoms with E-state index in [2.05, 4.69) is 46.4 Å². The molecule has 1 atom stereocenters. The van der Waals surface area contributed by atoms with E-state index in [0.29, 0.717) is 18.6 Å². The Bertz CT molecular complexity index is 873. The number of rotatable bonds is 8. The molecule has 1 fully saturated rings. The number of halogens is 2. The molecule has 31 heavy (non-hydrogen) atoms. The predicted molar refractivity (Wildman–Crippen MR) is 125 cm³/mol. The van der Waals surface area contributed by atoms with E-state index in [-0.39, 0.29) is 5.82 Å². The first-order valence-electron chi connectivity index (χ1n) is 11.1. The largest absolute Gasteiger partial charge is 0.492 e. The molecule has 0 radical (unpaired) electrons. The van der Waals surface area contributed by atoms with Gasteiger partial charge in [-0.05, 0) is 92.5 Å². The Morgan fingerprint density at radius 1 is 0.968 bits per heavy atom. The van der Waals surface area contributed by atoms with Crippen LogP contribution < -0.4 is 4.74 Å². The van der Waals surface area contributed by atoms with Crippen molar-refractivity contribution < 1.29 is 9.13 Å². The molecule has 0 saturated carbocycles. The van der Waals surface area contributed by atoms with Crippen LogP contribution in [0.3, 0.4) is 0 Å². The molecule has 0 aliphatic carbocycles. The molecule has 5 heteroatoms. The topological polar surface area (TPSA) is 15.7 Å². The molecule has 2 heterocycles. The first kappa shape index (κ1) is 21.9. The lowest BCUT2D eigenvalue weighted by molar-refractivity contribution is 0.134. The molecule has 2 aliphatic rings. The maximum atomic E-state index is 13.0. The molecule has 3 nitrogen and oxygen atoms in total. The minimum Gasteiger partial charge on any atom is -0.492 e. The van der Waals surface area contributed by atoms with E-state index in [1.165, 1.54) is 30.5 Å². The number of allylic oxidation sites excluding steroid dienone is 2. The number of benzene rings is 2. The van der Waals surface area contributed by atoms with Gasteiger partial charge in [-0.25, -0.2) is 4.39 Å². The van der Waals surface area contributed by atoms with Crippen molar-refractivity contribution >= 4 is 11.6 Å². The zero-order valence-electron chi connectivity index (χ0n) is 17.8. The summed E-state index contributed by atoms with van der Waals surface area (Å²) in [5.41, 5.74) is 1.32. The van der Waals surface area contributed by atoms with E-state index in [4.69, 9.17) is 16.3 Å². The zero-order valence-corrected chi connectivity index (χ0v) is 18.6. The standard InChI is InChI=1S/C26H30ClFN2O/c27-23-6-4-21(5-7-23)19-25-3-1-2-14-30(25)20-22-12-15-29(16-13-22)17-18-31-26-10-8-24(28)9-11-26/h1-11,14,22,25H,12-13,15-20H2/t25-/m0/s1. The maximum Gasteiger partial charge on any atom is 0.123 e. The summed E-state index contributed by atoms with van der Waals surface area (Å²) in [5, 5.41) is 0.787. The molecule has 0 bridgehead atoms. The van der Waals surface area contributed by atoms with Crippen molar-refractivity contribution in [1.29, 1.82) is 0 Å². The minimum absolute atomic E-state index is 0.233. The summed E-state index contributed by atoms with van der Waals surface area (Å²) in [6.07, 6.45) is 12.2. The first-order chi connectivity index (χ1) is 15.2. The molecular weight excluding hydrogens is 411 g/mol. The number of hydrogen-bond donors (Lipinski definition) is 0. The molecule has 0 aromatic heterocycles. The van der Waals surface area contributed by atoms with Gasteiger partial charge in [0.05, 0.1) is 6.04 Å². The second kappa shape index (κ2) is 10.8.